The van der Waals surface area contributed by atoms with Gasteiger partial charge in [-0.05, 0) is 55.3 Å². The first-order chi connectivity index (χ1) is 10.8. The van der Waals surface area contributed by atoms with Gasteiger partial charge in [-0.1, -0.05) is 6.07 Å². The van der Waals surface area contributed by atoms with Crippen molar-refractivity contribution in [2.24, 2.45) is 0 Å². The summed E-state index contributed by atoms with van der Waals surface area (Å²) in [5, 5.41) is 5.02. The largest absolute Gasteiger partial charge is 0.343 e. The highest BCUT2D eigenvalue weighted by Crippen LogP contribution is 2.13. The fraction of sp³-hybridized carbons (Fsp3) is 0.176. The van der Waals surface area contributed by atoms with Gasteiger partial charge in [-0.2, -0.15) is 0 Å². The second kappa shape index (κ2) is 7.00. The van der Waals surface area contributed by atoms with Crippen LogP contribution < -0.4 is 10.6 Å². The molecule has 0 aliphatic rings. The van der Waals surface area contributed by atoms with Crippen LogP contribution in [-0.2, 0) is 4.79 Å². The van der Waals surface area contributed by atoms with Gasteiger partial charge in [0, 0.05) is 11.3 Å². The number of hydrogen-bond acceptors (Lipinski definition) is 2. The number of rotatable bonds is 4. The summed E-state index contributed by atoms with van der Waals surface area (Å²) in [5.74, 6) is -3.21. The second-order valence-electron chi connectivity index (χ2n) is 5.24. The number of halogens is 2. The predicted octanol–water partition coefficient (Wildman–Crippen LogP) is 2.95. The molecule has 0 spiro atoms. The fourth-order valence-corrected chi connectivity index (χ4v) is 2.15. The molecule has 0 aromatic heterocycles. The van der Waals surface area contributed by atoms with Gasteiger partial charge in [0.15, 0.2) is 11.6 Å². The average molecular weight is 318 g/mol. The maximum absolute atomic E-state index is 13.1. The van der Waals surface area contributed by atoms with Gasteiger partial charge in [-0.3, -0.25) is 9.59 Å². The quantitative estimate of drug-likeness (QED) is 0.910. The van der Waals surface area contributed by atoms with Gasteiger partial charge in [0.25, 0.3) is 5.91 Å². The molecule has 23 heavy (non-hydrogen) atoms. The summed E-state index contributed by atoms with van der Waals surface area (Å²) < 4.78 is 25.9. The molecule has 0 aliphatic heterocycles. The van der Waals surface area contributed by atoms with Crippen molar-refractivity contribution in [3.8, 4) is 0 Å². The first-order valence-electron chi connectivity index (χ1n) is 6.96. The van der Waals surface area contributed by atoms with Crippen LogP contribution in [0.4, 0.5) is 14.5 Å². The lowest BCUT2D eigenvalue weighted by molar-refractivity contribution is -0.115. The van der Waals surface area contributed by atoms with Gasteiger partial charge in [-0.25, -0.2) is 8.78 Å². The van der Waals surface area contributed by atoms with Crippen LogP contribution in [0.5, 0.6) is 0 Å². The summed E-state index contributed by atoms with van der Waals surface area (Å²) in [5.41, 5.74) is 2.59. The molecule has 0 heterocycles. The van der Waals surface area contributed by atoms with Crippen molar-refractivity contribution in [1.82, 2.24) is 5.32 Å². The molecular formula is C17H16F2N2O2. The summed E-state index contributed by atoms with van der Waals surface area (Å²) in [6.45, 7) is 3.55. The monoisotopic (exact) mass is 318 g/mol. The maximum atomic E-state index is 13.1. The molecule has 0 saturated heterocycles. The van der Waals surface area contributed by atoms with Crippen LogP contribution in [0.15, 0.2) is 36.4 Å². The van der Waals surface area contributed by atoms with Crippen LogP contribution >= 0.6 is 0 Å². The molecule has 2 aromatic carbocycles. The number of amides is 2. The molecule has 6 heteroatoms. The van der Waals surface area contributed by atoms with Crippen LogP contribution in [-0.4, -0.2) is 18.4 Å². The van der Waals surface area contributed by atoms with Crippen molar-refractivity contribution < 1.29 is 18.4 Å². The summed E-state index contributed by atoms with van der Waals surface area (Å²) in [4.78, 5) is 23.6. The number of aryl methyl sites for hydroxylation is 2. The van der Waals surface area contributed by atoms with E-state index in [1.54, 1.807) is 0 Å². The lowest BCUT2D eigenvalue weighted by atomic mass is 10.1. The van der Waals surface area contributed by atoms with Crippen molar-refractivity contribution in [2.45, 2.75) is 13.8 Å². The molecule has 2 aromatic rings. The van der Waals surface area contributed by atoms with Gasteiger partial charge in [-0.15, -0.1) is 0 Å². The number of carbonyl (C=O) groups is 2. The molecule has 2 amide bonds. The van der Waals surface area contributed by atoms with E-state index in [0.29, 0.717) is 5.69 Å². The van der Waals surface area contributed by atoms with Gasteiger partial charge >= 0.3 is 0 Å². The summed E-state index contributed by atoms with van der Waals surface area (Å²) >= 11 is 0. The van der Waals surface area contributed by atoms with E-state index in [-0.39, 0.29) is 12.1 Å². The molecule has 120 valence electrons. The van der Waals surface area contributed by atoms with Crippen molar-refractivity contribution in [3.05, 3.63) is 64.7 Å². The normalized spacial score (nSPS) is 10.3. The zero-order valence-corrected chi connectivity index (χ0v) is 12.7. The first-order valence-corrected chi connectivity index (χ1v) is 6.96. The Hall–Kier alpha value is -2.76. The van der Waals surface area contributed by atoms with E-state index in [9.17, 15) is 18.4 Å². The van der Waals surface area contributed by atoms with Crippen molar-refractivity contribution in [3.63, 3.8) is 0 Å². The molecule has 0 saturated carbocycles. The second-order valence-corrected chi connectivity index (χ2v) is 5.24. The molecule has 0 atom stereocenters. The molecular weight excluding hydrogens is 302 g/mol. The van der Waals surface area contributed by atoms with Crippen molar-refractivity contribution >= 4 is 17.5 Å². The minimum atomic E-state index is -1.11. The Morgan fingerprint density at radius 3 is 2.22 bits per heavy atom. The number of nitrogens with one attached hydrogen (secondary N) is 2. The lowest BCUT2D eigenvalue weighted by Gasteiger charge is -2.09. The van der Waals surface area contributed by atoms with E-state index in [1.807, 2.05) is 32.0 Å². The molecule has 0 bridgehead atoms. The van der Waals surface area contributed by atoms with Crippen LogP contribution in [0.2, 0.25) is 0 Å². The van der Waals surface area contributed by atoms with E-state index < -0.39 is 23.4 Å². The number of benzene rings is 2. The van der Waals surface area contributed by atoms with Crippen LogP contribution in [0.1, 0.15) is 21.5 Å². The highest BCUT2D eigenvalue weighted by Gasteiger charge is 2.11. The Balaban J connectivity index is 1.93. The Labute approximate surface area is 132 Å². The van der Waals surface area contributed by atoms with E-state index in [1.165, 1.54) is 0 Å². The molecule has 0 unspecified atom stereocenters. The van der Waals surface area contributed by atoms with E-state index >= 15 is 0 Å². The lowest BCUT2D eigenvalue weighted by Crippen LogP contribution is -2.32. The van der Waals surface area contributed by atoms with Crippen molar-refractivity contribution in [2.75, 3.05) is 11.9 Å². The van der Waals surface area contributed by atoms with Gasteiger partial charge in [0.1, 0.15) is 0 Å². The summed E-state index contributed by atoms with van der Waals surface area (Å²) in [6, 6.07) is 8.38. The molecule has 2 rings (SSSR count). The number of hydrogen-bond donors (Lipinski definition) is 2. The summed E-state index contributed by atoms with van der Waals surface area (Å²) in [6.07, 6.45) is 0. The number of anilines is 1. The van der Waals surface area contributed by atoms with Crippen LogP contribution in [0, 0.1) is 25.5 Å². The van der Waals surface area contributed by atoms with Crippen LogP contribution in [0.25, 0.3) is 0 Å². The Kier molecular flexibility index (Phi) is 5.05. The molecule has 2 N–H and O–H groups in total. The average Bonchev–Trinajstić information content (AvgIpc) is 2.46. The standard InChI is InChI=1S/C17H16F2N2O2/c1-10-5-11(2)7-13(6-10)21-16(22)9-20-17(23)12-3-4-14(18)15(19)8-12/h3-8H,9H2,1-2H3,(H,20,23)(H,21,22). The first kappa shape index (κ1) is 16.6. The van der Waals surface area contributed by atoms with E-state index in [0.717, 1.165) is 29.3 Å². The van der Waals surface area contributed by atoms with Gasteiger partial charge in [0.2, 0.25) is 5.91 Å². The third-order valence-electron chi connectivity index (χ3n) is 3.10. The SMILES string of the molecule is Cc1cc(C)cc(NC(=O)CNC(=O)c2ccc(F)c(F)c2)c1. The van der Waals surface area contributed by atoms with Gasteiger partial charge in [0.05, 0.1) is 6.54 Å². The smallest absolute Gasteiger partial charge is 0.251 e. The Morgan fingerprint density at radius 2 is 1.61 bits per heavy atom. The van der Waals surface area contributed by atoms with Crippen LogP contribution in [0.3, 0.4) is 0 Å². The molecule has 0 fully saturated rings. The number of carbonyl (C=O) groups excluding carboxylic acids is 2. The third-order valence-corrected chi connectivity index (χ3v) is 3.10. The minimum Gasteiger partial charge on any atom is -0.343 e. The zero-order chi connectivity index (χ0) is 17.0. The van der Waals surface area contributed by atoms with E-state index in [4.69, 9.17) is 0 Å². The predicted molar refractivity (Wildman–Crippen MR) is 83.2 cm³/mol. The maximum Gasteiger partial charge on any atom is 0.251 e. The Morgan fingerprint density at radius 1 is 0.957 bits per heavy atom. The molecule has 4 nitrogen and oxygen atoms in total. The zero-order valence-electron chi connectivity index (χ0n) is 12.7. The topological polar surface area (TPSA) is 58.2 Å². The summed E-state index contributed by atoms with van der Waals surface area (Å²) in [7, 11) is 0. The van der Waals surface area contributed by atoms with Gasteiger partial charge < -0.3 is 10.6 Å². The molecule has 0 radical (unpaired) electrons. The fourth-order valence-electron chi connectivity index (χ4n) is 2.15. The minimum absolute atomic E-state index is 0.0527. The Bertz CT molecular complexity index is 740. The highest BCUT2D eigenvalue weighted by molar-refractivity contribution is 5.99. The highest BCUT2D eigenvalue weighted by atomic mass is 19.2. The van der Waals surface area contributed by atoms with E-state index in [2.05, 4.69) is 10.6 Å². The van der Waals surface area contributed by atoms with Crippen molar-refractivity contribution in [1.29, 1.82) is 0 Å². The third kappa shape index (κ3) is 4.60. The molecule has 0 aliphatic carbocycles.